The van der Waals surface area contributed by atoms with E-state index in [1.807, 2.05) is 41.9 Å². The van der Waals surface area contributed by atoms with Gasteiger partial charge in [-0.25, -0.2) is 15.0 Å². The van der Waals surface area contributed by atoms with Crippen molar-refractivity contribution in [3.05, 3.63) is 36.2 Å². The summed E-state index contributed by atoms with van der Waals surface area (Å²) in [6.45, 7) is 0. The number of nitrogen functional groups attached to an aromatic ring is 1. The minimum atomic E-state index is -0.961. The van der Waals surface area contributed by atoms with Crippen molar-refractivity contribution in [2.45, 2.75) is 37.7 Å². The summed E-state index contributed by atoms with van der Waals surface area (Å²) in [6, 6.07) is 9.74. The van der Waals surface area contributed by atoms with Crippen LogP contribution in [0, 0.1) is 11.8 Å². The standard InChI is InChI=1S/C22H21N5O2.ClH/c1-27-20(16-13-14-7-3-4-8-15(14)29-16)26-18-19(23)24-17(25-21(18)27)9-12-22(28)10-5-2-6-11-22;/h3-4,7-8,13,28H,2,5-6,10-11H2,1H3,(H2,23,24,25);1H. The van der Waals surface area contributed by atoms with Gasteiger partial charge in [0.15, 0.2) is 28.6 Å². The lowest BCUT2D eigenvalue weighted by molar-refractivity contribution is 0.0610. The summed E-state index contributed by atoms with van der Waals surface area (Å²) in [5.74, 6) is 7.67. The third-order valence-corrected chi connectivity index (χ3v) is 5.48. The maximum atomic E-state index is 10.6. The smallest absolute Gasteiger partial charge is 0.209 e. The summed E-state index contributed by atoms with van der Waals surface area (Å²) < 4.78 is 7.77. The van der Waals surface area contributed by atoms with Crippen molar-refractivity contribution in [3.63, 3.8) is 0 Å². The highest BCUT2D eigenvalue weighted by Crippen LogP contribution is 2.30. The predicted octanol–water partition coefficient (Wildman–Crippen LogP) is 3.83. The molecule has 1 aliphatic carbocycles. The second kappa shape index (κ2) is 7.63. The number of aromatic nitrogens is 4. The molecule has 0 spiro atoms. The molecule has 0 radical (unpaired) electrons. The summed E-state index contributed by atoms with van der Waals surface area (Å²) in [4.78, 5) is 13.4. The Labute approximate surface area is 179 Å². The number of imidazole rings is 1. The largest absolute Gasteiger partial charge is 0.453 e. The van der Waals surface area contributed by atoms with Crippen LogP contribution in [-0.4, -0.2) is 30.2 Å². The van der Waals surface area contributed by atoms with Gasteiger partial charge in [0.1, 0.15) is 11.2 Å². The molecular formula is C22H22ClN5O2. The molecule has 4 aromatic rings. The second-order valence-electron chi connectivity index (χ2n) is 7.59. The Bertz CT molecular complexity index is 1260. The summed E-state index contributed by atoms with van der Waals surface area (Å²) in [6.07, 6.45) is 4.46. The van der Waals surface area contributed by atoms with Crippen LogP contribution in [0.2, 0.25) is 0 Å². The molecule has 30 heavy (non-hydrogen) atoms. The lowest BCUT2D eigenvalue weighted by Gasteiger charge is -2.26. The van der Waals surface area contributed by atoms with Crippen LogP contribution in [0.4, 0.5) is 5.82 Å². The number of halogens is 1. The van der Waals surface area contributed by atoms with Crippen LogP contribution in [-0.2, 0) is 7.05 Å². The van der Waals surface area contributed by atoms with E-state index in [4.69, 9.17) is 10.2 Å². The van der Waals surface area contributed by atoms with Crippen LogP contribution in [0.1, 0.15) is 37.9 Å². The molecule has 0 bridgehead atoms. The fourth-order valence-electron chi connectivity index (χ4n) is 3.88. The molecule has 8 heteroatoms. The first-order valence-electron chi connectivity index (χ1n) is 9.77. The maximum absolute atomic E-state index is 10.6. The van der Waals surface area contributed by atoms with Crippen LogP contribution in [0.15, 0.2) is 34.7 Å². The topological polar surface area (TPSA) is 103 Å². The number of benzene rings is 1. The van der Waals surface area contributed by atoms with Gasteiger partial charge in [0.25, 0.3) is 0 Å². The van der Waals surface area contributed by atoms with E-state index in [9.17, 15) is 5.11 Å². The van der Waals surface area contributed by atoms with Gasteiger partial charge in [-0.3, -0.25) is 0 Å². The van der Waals surface area contributed by atoms with E-state index in [0.29, 0.717) is 35.6 Å². The minimum Gasteiger partial charge on any atom is -0.453 e. The highest BCUT2D eigenvalue weighted by Gasteiger charge is 2.26. The van der Waals surface area contributed by atoms with Crippen molar-refractivity contribution >= 4 is 40.4 Å². The molecule has 0 unspecified atom stereocenters. The van der Waals surface area contributed by atoms with Crippen LogP contribution in [0.5, 0.6) is 0 Å². The average Bonchev–Trinajstić information content (AvgIpc) is 3.29. The molecule has 3 aromatic heterocycles. The molecule has 0 aliphatic heterocycles. The Balaban J connectivity index is 0.00000218. The van der Waals surface area contributed by atoms with Gasteiger partial charge < -0.3 is 19.8 Å². The number of para-hydroxylation sites is 1. The van der Waals surface area contributed by atoms with Gasteiger partial charge >= 0.3 is 0 Å². The molecule has 3 N–H and O–H groups in total. The summed E-state index contributed by atoms with van der Waals surface area (Å²) in [7, 11) is 1.86. The lowest BCUT2D eigenvalue weighted by atomic mass is 9.85. The Kier molecular flexibility index (Phi) is 5.14. The zero-order valence-corrected chi connectivity index (χ0v) is 17.4. The molecule has 1 aromatic carbocycles. The number of aryl methyl sites for hydroxylation is 1. The van der Waals surface area contributed by atoms with Gasteiger partial charge in [-0.15, -0.1) is 12.4 Å². The molecule has 7 nitrogen and oxygen atoms in total. The van der Waals surface area contributed by atoms with Gasteiger partial charge in [0.2, 0.25) is 5.82 Å². The molecule has 0 saturated heterocycles. The monoisotopic (exact) mass is 423 g/mol. The summed E-state index contributed by atoms with van der Waals surface area (Å²) in [5.41, 5.74) is 7.06. The average molecular weight is 424 g/mol. The van der Waals surface area contributed by atoms with Crippen molar-refractivity contribution in [2.75, 3.05) is 5.73 Å². The third-order valence-electron chi connectivity index (χ3n) is 5.48. The summed E-state index contributed by atoms with van der Waals surface area (Å²) >= 11 is 0. The Hall–Kier alpha value is -3.08. The van der Waals surface area contributed by atoms with Gasteiger partial charge in [-0.2, -0.15) is 0 Å². The van der Waals surface area contributed by atoms with Crippen molar-refractivity contribution in [1.82, 2.24) is 19.5 Å². The first-order valence-corrected chi connectivity index (χ1v) is 9.77. The van der Waals surface area contributed by atoms with E-state index in [1.54, 1.807) is 0 Å². The Morgan fingerprint density at radius 2 is 1.90 bits per heavy atom. The highest BCUT2D eigenvalue weighted by molar-refractivity contribution is 5.87. The van der Waals surface area contributed by atoms with Gasteiger partial charge in [0, 0.05) is 12.4 Å². The minimum absolute atomic E-state index is 0. The number of nitrogens with zero attached hydrogens (tertiary/aromatic N) is 4. The Morgan fingerprint density at radius 1 is 1.13 bits per heavy atom. The van der Waals surface area contributed by atoms with Crippen LogP contribution in [0.25, 0.3) is 33.7 Å². The maximum Gasteiger partial charge on any atom is 0.209 e. The number of aliphatic hydroxyl groups is 1. The first-order chi connectivity index (χ1) is 14.0. The zero-order valence-electron chi connectivity index (χ0n) is 16.6. The normalized spacial score (nSPS) is 15.5. The molecule has 0 amide bonds. The number of furan rings is 1. The molecule has 154 valence electrons. The molecule has 1 aliphatic rings. The number of anilines is 1. The van der Waals surface area contributed by atoms with E-state index >= 15 is 0 Å². The van der Waals surface area contributed by atoms with Gasteiger partial charge in [0.05, 0.1) is 0 Å². The fraction of sp³-hybridized carbons (Fsp3) is 0.318. The molecule has 0 atom stereocenters. The number of nitrogens with two attached hydrogens (primary N) is 1. The molecule has 3 heterocycles. The molecule has 1 saturated carbocycles. The van der Waals surface area contributed by atoms with E-state index in [-0.39, 0.29) is 24.0 Å². The number of hydrogen-bond donors (Lipinski definition) is 2. The van der Waals surface area contributed by atoms with Crippen LogP contribution < -0.4 is 5.73 Å². The van der Waals surface area contributed by atoms with E-state index in [1.165, 1.54) is 0 Å². The fourth-order valence-corrected chi connectivity index (χ4v) is 3.88. The van der Waals surface area contributed by atoms with Gasteiger partial charge in [-0.05, 0) is 43.7 Å². The van der Waals surface area contributed by atoms with Gasteiger partial charge in [-0.1, -0.05) is 30.5 Å². The Morgan fingerprint density at radius 3 is 2.67 bits per heavy atom. The van der Waals surface area contributed by atoms with Crippen molar-refractivity contribution in [1.29, 1.82) is 0 Å². The van der Waals surface area contributed by atoms with Crippen molar-refractivity contribution in [3.8, 4) is 23.4 Å². The van der Waals surface area contributed by atoms with E-state index in [2.05, 4.69) is 26.8 Å². The SMILES string of the molecule is Cl.Cn1c(-c2cc3ccccc3o2)nc2c(N)nc(C#CC3(O)CCCCC3)nc21. The van der Waals surface area contributed by atoms with Crippen LogP contribution >= 0.6 is 12.4 Å². The number of rotatable bonds is 1. The van der Waals surface area contributed by atoms with Crippen LogP contribution in [0.3, 0.4) is 0 Å². The lowest BCUT2D eigenvalue weighted by Crippen LogP contribution is -2.29. The zero-order chi connectivity index (χ0) is 20.0. The van der Waals surface area contributed by atoms with E-state index in [0.717, 1.165) is 30.2 Å². The molecule has 1 fully saturated rings. The quantitative estimate of drug-likeness (QED) is 0.451. The number of fused-ring (bicyclic) bond motifs is 2. The predicted molar refractivity (Wildman–Crippen MR) is 118 cm³/mol. The summed E-state index contributed by atoms with van der Waals surface area (Å²) in [5, 5.41) is 11.6. The second-order valence-corrected chi connectivity index (χ2v) is 7.59. The molecular weight excluding hydrogens is 402 g/mol. The van der Waals surface area contributed by atoms with Crippen molar-refractivity contribution in [2.24, 2.45) is 7.05 Å². The molecule has 5 rings (SSSR count). The van der Waals surface area contributed by atoms with E-state index < -0.39 is 5.60 Å². The van der Waals surface area contributed by atoms with Crippen molar-refractivity contribution < 1.29 is 9.52 Å². The third kappa shape index (κ3) is 3.49. The number of hydrogen-bond acceptors (Lipinski definition) is 6. The first kappa shape index (κ1) is 20.2. The highest BCUT2D eigenvalue weighted by atomic mass is 35.5.